The van der Waals surface area contributed by atoms with Crippen molar-refractivity contribution in [3.63, 3.8) is 0 Å². The zero-order valence-electron chi connectivity index (χ0n) is 11.0. The van der Waals surface area contributed by atoms with E-state index < -0.39 is 0 Å². The van der Waals surface area contributed by atoms with Crippen LogP contribution in [-0.2, 0) is 4.74 Å². The Balaban J connectivity index is 2.17. The van der Waals surface area contributed by atoms with E-state index in [1.54, 1.807) is 12.1 Å². The molecule has 0 aromatic heterocycles. The molecular formula is C14H21FN2O. The Bertz CT molecular complexity index is 389. The first-order chi connectivity index (χ1) is 8.60. The molecule has 0 bridgehead atoms. The molecule has 1 aromatic carbocycles. The Morgan fingerprint density at radius 3 is 2.61 bits per heavy atom. The Morgan fingerprint density at radius 1 is 1.39 bits per heavy atom. The van der Waals surface area contributed by atoms with Crippen molar-refractivity contribution in [3.05, 3.63) is 35.6 Å². The van der Waals surface area contributed by atoms with Crippen molar-refractivity contribution in [1.82, 2.24) is 4.90 Å². The molecular weight excluding hydrogens is 231 g/mol. The van der Waals surface area contributed by atoms with Crippen molar-refractivity contribution >= 4 is 0 Å². The maximum Gasteiger partial charge on any atom is 0.123 e. The molecule has 0 spiro atoms. The van der Waals surface area contributed by atoms with Gasteiger partial charge in [0.05, 0.1) is 12.2 Å². The molecule has 3 nitrogen and oxygen atoms in total. The third kappa shape index (κ3) is 3.07. The lowest BCUT2D eigenvalue weighted by Crippen LogP contribution is -2.48. The molecule has 100 valence electrons. The second kappa shape index (κ2) is 5.78. The zero-order chi connectivity index (χ0) is 13.1. The van der Waals surface area contributed by atoms with Crippen LogP contribution in [-0.4, -0.2) is 36.7 Å². The largest absolute Gasteiger partial charge is 0.373 e. The number of hydrogen-bond acceptors (Lipinski definition) is 3. The summed E-state index contributed by atoms with van der Waals surface area (Å²) in [5.74, 6) is -0.208. The number of hydrogen-bond donors (Lipinski definition) is 1. The van der Waals surface area contributed by atoms with Crippen molar-refractivity contribution in [2.24, 2.45) is 5.73 Å². The first-order valence-corrected chi connectivity index (χ1v) is 6.45. The summed E-state index contributed by atoms with van der Waals surface area (Å²) >= 11 is 0. The summed E-state index contributed by atoms with van der Waals surface area (Å²) in [6.07, 6.45) is 0.382. The fourth-order valence-electron chi connectivity index (χ4n) is 2.68. The average molecular weight is 252 g/mol. The molecule has 0 radical (unpaired) electrons. The number of nitrogens with two attached hydrogens (primary N) is 1. The van der Waals surface area contributed by atoms with Crippen molar-refractivity contribution in [2.45, 2.75) is 32.1 Å². The molecule has 2 rings (SSSR count). The Hall–Kier alpha value is -0.970. The van der Waals surface area contributed by atoms with Crippen LogP contribution in [0.4, 0.5) is 4.39 Å². The van der Waals surface area contributed by atoms with Crippen LogP contribution in [0.25, 0.3) is 0 Å². The lowest BCUT2D eigenvalue weighted by molar-refractivity contribution is -0.0799. The van der Waals surface area contributed by atoms with Crippen LogP contribution in [0.5, 0.6) is 0 Å². The van der Waals surface area contributed by atoms with E-state index in [9.17, 15) is 4.39 Å². The summed E-state index contributed by atoms with van der Waals surface area (Å²) in [4.78, 5) is 2.29. The quantitative estimate of drug-likeness (QED) is 0.893. The maximum absolute atomic E-state index is 13.3. The van der Waals surface area contributed by atoms with Crippen LogP contribution in [0.3, 0.4) is 0 Å². The Kier molecular flexibility index (Phi) is 4.32. The fraction of sp³-hybridized carbons (Fsp3) is 0.571. The van der Waals surface area contributed by atoms with Gasteiger partial charge < -0.3 is 10.5 Å². The summed E-state index contributed by atoms with van der Waals surface area (Å²) in [5, 5.41) is 0. The van der Waals surface area contributed by atoms with E-state index >= 15 is 0 Å². The van der Waals surface area contributed by atoms with Crippen LogP contribution >= 0.6 is 0 Å². The minimum absolute atomic E-state index is 0.0644. The number of ether oxygens (including phenoxy) is 1. The number of halogens is 1. The minimum Gasteiger partial charge on any atom is -0.373 e. The summed E-state index contributed by atoms with van der Waals surface area (Å²) in [5.41, 5.74) is 6.82. The molecule has 0 unspecified atom stereocenters. The summed E-state index contributed by atoms with van der Waals surface area (Å²) in [6.45, 7) is 6.28. The molecule has 18 heavy (non-hydrogen) atoms. The second-order valence-corrected chi connectivity index (χ2v) is 5.02. The topological polar surface area (TPSA) is 38.5 Å². The van der Waals surface area contributed by atoms with E-state index in [0.717, 1.165) is 18.7 Å². The van der Waals surface area contributed by atoms with Crippen LogP contribution in [0.2, 0.25) is 0 Å². The SMILES string of the molecule is C[C@@H]1CN([C@@H](CN)c2cccc(F)c2)C[C@@H](C)O1. The highest BCUT2D eigenvalue weighted by molar-refractivity contribution is 5.21. The number of benzene rings is 1. The zero-order valence-corrected chi connectivity index (χ0v) is 11.0. The average Bonchev–Trinajstić information content (AvgIpc) is 2.28. The van der Waals surface area contributed by atoms with Gasteiger partial charge in [-0.1, -0.05) is 12.1 Å². The fourth-order valence-corrected chi connectivity index (χ4v) is 2.68. The Morgan fingerprint density at radius 2 is 2.06 bits per heavy atom. The van der Waals surface area contributed by atoms with Gasteiger partial charge in [-0.3, -0.25) is 4.90 Å². The van der Waals surface area contributed by atoms with Gasteiger partial charge in [0.1, 0.15) is 5.82 Å². The second-order valence-electron chi connectivity index (χ2n) is 5.02. The molecule has 2 N–H and O–H groups in total. The van der Waals surface area contributed by atoms with Gasteiger partial charge in [-0.2, -0.15) is 0 Å². The van der Waals surface area contributed by atoms with Crippen LogP contribution < -0.4 is 5.73 Å². The summed E-state index contributed by atoms with van der Waals surface area (Å²) in [6, 6.07) is 6.77. The molecule has 0 saturated carbocycles. The molecule has 3 atom stereocenters. The van der Waals surface area contributed by atoms with Gasteiger partial charge in [0, 0.05) is 25.7 Å². The molecule has 0 amide bonds. The first-order valence-electron chi connectivity index (χ1n) is 6.45. The highest BCUT2D eigenvalue weighted by Crippen LogP contribution is 2.24. The van der Waals surface area contributed by atoms with Gasteiger partial charge in [0.25, 0.3) is 0 Å². The van der Waals surface area contributed by atoms with E-state index in [1.165, 1.54) is 6.07 Å². The third-order valence-corrected chi connectivity index (χ3v) is 3.35. The summed E-state index contributed by atoms with van der Waals surface area (Å²) < 4.78 is 19.0. The van der Waals surface area contributed by atoms with Crippen LogP contribution in [0, 0.1) is 5.82 Å². The highest BCUT2D eigenvalue weighted by atomic mass is 19.1. The van der Waals surface area contributed by atoms with Crippen molar-refractivity contribution in [2.75, 3.05) is 19.6 Å². The minimum atomic E-state index is -0.208. The monoisotopic (exact) mass is 252 g/mol. The number of nitrogens with zero attached hydrogens (tertiary/aromatic N) is 1. The molecule has 0 aliphatic carbocycles. The normalized spacial score (nSPS) is 27.1. The maximum atomic E-state index is 13.3. The lowest BCUT2D eigenvalue weighted by Gasteiger charge is -2.40. The van der Waals surface area contributed by atoms with Crippen LogP contribution in [0.15, 0.2) is 24.3 Å². The molecule has 4 heteroatoms. The predicted molar refractivity (Wildman–Crippen MR) is 69.8 cm³/mol. The van der Waals surface area contributed by atoms with Crippen molar-refractivity contribution < 1.29 is 9.13 Å². The molecule has 1 heterocycles. The highest BCUT2D eigenvalue weighted by Gasteiger charge is 2.28. The van der Waals surface area contributed by atoms with Gasteiger partial charge in [0.2, 0.25) is 0 Å². The third-order valence-electron chi connectivity index (χ3n) is 3.35. The molecule has 1 aliphatic rings. The lowest BCUT2D eigenvalue weighted by atomic mass is 10.0. The van der Waals surface area contributed by atoms with E-state index in [-0.39, 0.29) is 24.1 Å². The van der Waals surface area contributed by atoms with Crippen LogP contribution in [0.1, 0.15) is 25.5 Å². The van der Waals surface area contributed by atoms with E-state index in [0.29, 0.717) is 6.54 Å². The smallest absolute Gasteiger partial charge is 0.123 e. The summed E-state index contributed by atoms with van der Waals surface area (Å²) in [7, 11) is 0. The van der Waals surface area contributed by atoms with Gasteiger partial charge in [-0.15, -0.1) is 0 Å². The number of rotatable bonds is 3. The van der Waals surface area contributed by atoms with Gasteiger partial charge in [-0.25, -0.2) is 4.39 Å². The van der Waals surface area contributed by atoms with Gasteiger partial charge in [0.15, 0.2) is 0 Å². The number of morpholine rings is 1. The first kappa shape index (κ1) is 13.5. The molecule has 1 aliphatic heterocycles. The van der Waals surface area contributed by atoms with Crippen molar-refractivity contribution in [1.29, 1.82) is 0 Å². The van der Waals surface area contributed by atoms with Gasteiger partial charge >= 0.3 is 0 Å². The molecule has 1 fully saturated rings. The van der Waals surface area contributed by atoms with E-state index in [4.69, 9.17) is 10.5 Å². The van der Waals surface area contributed by atoms with Crippen molar-refractivity contribution in [3.8, 4) is 0 Å². The van der Waals surface area contributed by atoms with E-state index in [2.05, 4.69) is 18.7 Å². The molecule has 1 aromatic rings. The van der Waals surface area contributed by atoms with E-state index in [1.807, 2.05) is 6.07 Å². The Labute approximate surface area is 108 Å². The molecule has 1 saturated heterocycles. The van der Waals surface area contributed by atoms with Gasteiger partial charge in [-0.05, 0) is 31.5 Å². The predicted octanol–water partition coefficient (Wildman–Crippen LogP) is 1.93. The standard InChI is InChI=1S/C14H21FN2O/c1-10-8-17(9-11(2)18-10)14(7-16)12-4-3-5-13(15)6-12/h3-6,10-11,14H,7-9,16H2,1-2H3/t10-,11-,14+/m1/s1.